The minimum atomic E-state index is 0.0794. The molecule has 1 aliphatic carbocycles. The Balaban J connectivity index is 1.85. The summed E-state index contributed by atoms with van der Waals surface area (Å²) in [5, 5.41) is 0.577. The van der Waals surface area contributed by atoms with Crippen molar-refractivity contribution >= 4 is 23.2 Å². The highest BCUT2D eigenvalue weighted by Gasteiger charge is 2.36. The lowest BCUT2D eigenvalue weighted by Gasteiger charge is -2.44. The van der Waals surface area contributed by atoms with E-state index in [4.69, 9.17) is 17.3 Å². The van der Waals surface area contributed by atoms with Gasteiger partial charge in [-0.3, -0.25) is 4.79 Å². The van der Waals surface area contributed by atoms with Crippen LogP contribution in [0.3, 0.4) is 0 Å². The number of nitrogen functional groups attached to an aromatic ring is 1. The number of piperidine rings is 1. The molecule has 1 aliphatic heterocycles. The summed E-state index contributed by atoms with van der Waals surface area (Å²) >= 11 is 5.91. The van der Waals surface area contributed by atoms with E-state index in [1.165, 1.54) is 25.7 Å². The number of rotatable bonds is 1. The zero-order valence-corrected chi connectivity index (χ0v) is 12.4. The first-order valence-electron chi connectivity index (χ1n) is 7.53. The molecule has 0 radical (unpaired) electrons. The minimum absolute atomic E-state index is 0.0794. The third-order valence-corrected chi connectivity index (χ3v) is 4.98. The van der Waals surface area contributed by atoms with Crippen molar-refractivity contribution in [3.8, 4) is 0 Å². The number of amides is 1. The summed E-state index contributed by atoms with van der Waals surface area (Å²) in [7, 11) is 0. The number of fused-ring (bicyclic) bond motifs is 1. The smallest absolute Gasteiger partial charge is 0.256 e. The van der Waals surface area contributed by atoms with Gasteiger partial charge in [-0.1, -0.05) is 24.4 Å². The molecule has 0 spiro atoms. The molecule has 4 heteroatoms. The van der Waals surface area contributed by atoms with Crippen LogP contribution in [0.1, 0.15) is 48.9 Å². The van der Waals surface area contributed by atoms with Crippen molar-refractivity contribution < 1.29 is 4.79 Å². The van der Waals surface area contributed by atoms with Crippen LogP contribution in [0.2, 0.25) is 5.02 Å². The predicted molar refractivity (Wildman–Crippen MR) is 81.9 cm³/mol. The highest BCUT2D eigenvalue weighted by atomic mass is 35.5. The van der Waals surface area contributed by atoms with E-state index >= 15 is 0 Å². The van der Waals surface area contributed by atoms with Gasteiger partial charge >= 0.3 is 0 Å². The average Bonchev–Trinajstić information content (AvgIpc) is 2.46. The topological polar surface area (TPSA) is 46.3 Å². The second-order valence-corrected chi connectivity index (χ2v) is 6.42. The third-order valence-electron chi connectivity index (χ3n) is 4.75. The van der Waals surface area contributed by atoms with Crippen molar-refractivity contribution in [2.75, 3.05) is 12.3 Å². The van der Waals surface area contributed by atoms with Crippen LogP contribution in [0.5, 0.6) is 0 Å². The molecule has 3 rings (SSSR count). The van der Waals surface area contributed by atoms with E-state index in [1.807, 2.05) is 0 Å². The van der Waals surface area contributed by atoms with E-state index in [1.54, 1.807) is 18.2 Å². The fourth-order valence-electron chi connectivity index (χ4n) is 3.76. The molecule has 3 nitrogen and oxygen atoms in total. The maximum atomic E-state index is 12.8. The van der Waals surface area contributed by atoms with Crippen LogP contribution in [-0.2, 0) is 0 Å². The number of hydrogen-bond donors (Lipinski definition) is 1. The maximum absolute atomic E-state index is 12.8. The number of likely N-dealkylation sites (tertiary alicyclic amines) is 1. The maximum Gasteiger partial charge on any atom is 0.256 e. The molecule has 0 aromatic heterocycles. The van der Waals surface area contributed by atoms with E-state index in [2.05, 4.69) is 4.90 Å². The van der Waals surface area contributed by atoms with Crippen LogP contribution in [0.4, 0.5) is 5.69 Å². The number of benzene rings is 1. The van der Waals surface area contributed by atoms with E-state index in [9.17, 15) is 4.79 Å². The first-order chi connectivity index (χ1) is 9.66. The van der Waals surface area contributed by atoms with Gasteiger partial charge in [0, 0.05) is 23.3 Å². The molecule has 20 heavy (non-hydrogen) atoms. The fourth-order valence-corrected chi connectivity index (χ4v) is 3.94. The number of carbonyl (C=O) groups excluding carboxylic acids is 1. The number of anilines is 1. The Kier molecular flexibility index (Phi) is 3.88. The fraction of sp³-hybridized carbons (Fsp3) is 0.562. The summed E-state index contributed by atoms with van der Waals surface area (Å²) in [6, 6.07) is 5.58. The second-order valence-electron chi connectivity index (χ2n) is 5.98. The summed E-state index contributed by atoms with van der Waals surface area (Å²) in [6.07, 6.45) is 7.34. The van der Waals surface area contributed by atoms with Gasteiger partial charge in [-0.15, -0.1) is 0 Å². The SMILES string of the molecule is Nc1cc(Cl)ccc1C(=O)N1CCC[C@H]2CCCC[C@H]21. The van der Waals surface area contributed by atoms with Gasteiger partial charge in [-0.25, -0.2) is 0 Å². The number of nitrogens with two attached hydrogens (primary N) is 1. The van der Waals surface area contributed by atoms with E-state index in [-0.39, 0.29) is 5.91 Å². The monoisotopic (exact) mass is 292 g/mol. The van der Waals surface area contributed by atoms with Crippen molar-refractivity contribution in [2.24, 2.45) is 5.92 Å². The molecule has 0 bridgehead atoms. The highest BCUT2D eigenvalue weighted by Crippen LogP contribution is 2.36. The zero-order chi connectivity index (χ0) is 14.1. The Hall–Kier alpha value is -1.22. The van der Waals surface area contributed by atoms with Gasteiger partial charge in [0.1, 0.15) is 0 Å². The van der Waals surface area contributed by atoms with Crippen LogP contribution >= 0.6 is 11.6 Å². The number of nitrogens with zero attached hydrogens (tertiary/aromatic N) is 1. The van der Waals surface area contributed by atoms with Crippen molar-refractivity contribution in [3.63, 3.8) is 0 Å². The molecule has 1 aromatic rings. The largest absolute Gasteiger partial charge is 0.398 e. The number of halogens is 1. The van der Waals surface area contributed by atoms with E-state index < -0.39 is 0 Å². The van der Waals surface area contributed by atoms with Gasteiger partial charge in [0.25, 0.3) is 5.91 Å². The Morgan fingerprint density at radius 2 is 1.95 bits per heavy atom. The molecule has 2 aliphatic rings. The molecule has 2 fully saturated rings. The quantitative estimate of drug-likeness (QED) is 0.802. The molecular formula is C16H21ClN2O. The molecule has 0 unspecified atom stereocenters. The summed E-state index contributed by atoms with van der Waals surface area (Å²) in [6.45, 7) is 0.863. The average molecular weight is 293 g/mol. The minimum Gasteiger partial charge on any atom is -0.398 e. The van der Waals surface area contributed by atoms with E-state index in [0.29, 0.717) is 28.2 Å². The standard InChI is InChI=1S/C16H21ClN2O/c17-12-7-8-13(14(18)10-12)16(20)19-9-3-5-11-4-1-2-6-15(11)19/h7-8,10-11,15H,1-6,9,18H2/t11-,15-/m1/s1. The Morgan fingerprint density at radius 3 is 2.75 bits per heavy atom. The Bertz CT molecular complexity index is 515. The van der Waals surface area contributed by atoms with Gasteiger partial charge < -0.3 is 10.6 Å². The van der Waals surface area contributed by atoms with E-state index in [0.717, 1.165) is 19.4 Å². The summed E-state index contributed by atoms with van der Waals surface area (Å²) < 4.78 is 0. The first-order valence-corrected chi connectivity index (χ1v) is 7.90. The van der Waals surface area contributed by atoms with Gasteiger partial charge in [-0.05, 0) is 49.8 Å². The van der Waals surface area contributed by atoms with Gasteiger partial charge in [-0.2, -0.15) is 0 Å². The Labute approximate surface area is 125 Å². The van der Waals surface area contributed by atoms with Gasteiger partial charge in [0.2, 0.25) is 0 Å². The lowest BCUT2D eigenvalue weighted by Crippen LogP contribution is -2.49. The van der Waals surface area contributed by atoms with Crippen molar-refractivity contribution in [2.45, 2.75) is 44.6 Å². The molecule has 108 valence electrons. The summed E-state index contributed by atoms with van der Waals surface area (Å²) in [5.74, 6) is 0.769. The molecule has 1 saturated carbocycles. The summed E-state index contributed by atoms with van der Waals surface area (Å²) in [4.78, 5) is 14.9. The second kappa shape index (κ2) is 5.65. The highest BCUT2D eigenvalue weighted by molar-refractivity contribution is 6.31. The Morgan fingerprint density at radius 1 is 1.20 bits per heavy atom. The van der Waals surface area contributed by atoms with Crippen LogP contribution < -0.4 is 5.73 Å². The molecule has 2 N–H and O–H groups in total. The molecule has 1 heterocycles. The van der Waals surface area contributed by atoms with Crippen LogP contribution in [0.15, 0.2) is 18.2 Å². The molecule has 1 aromatic carbocycles. The zero-order valence-electron chi connectivity index (χ0n) is 11.6. The lowest BCUT2D eigenvalue weighted by molar-refractivity contribution is 0.0391. The first kappa shape index (κ1) is 13.7. The van der Waals surface area contributed by atoms with Crippen molar-refractivity contribution in [1.29, 1.82) is 0 Å². The number of carbonyl (C=O) groups is 1. The summed E-state index contributed by atoms with van der Waals surface area (Å²) in [5.41, 5.74) is 7.05. The molecular weight excluding hydrogens is 272 g/mol. The van der Waals surface area contributed by atoms with Crippen LogP contribution in [0.25, 0.3) is 0 Å². The lowest BCUT2D eigenvalue weighted by atomic mass is 9.78. The van der Waals surface area contributed by atoms with Crippen LogP contribution in [0, 0.1) is 5.92 Å². The molecule has 1 amide bonds. The number of hydrogen-bond acceptors (Lipinski definition) is 2. The van der Waals surface area contributed by atoms with Crippen molar-refractivity contribution in [3.05, 3.63) is 28.8 Å². The molecule has 2 atom stereocenters. The normalized spacial score (nSPS) is 26.1. The van der Waals surface area contributed by atoms with Crippen molar-refractivity contribution in [1.82, 2.24) is 4.90 Å². The third kappa shape index (κ3) is 2.51. The van der Waals surface area contributed by atoms with Crippen LogP contribution in [-0.4, -0.2) is 23.4 Å². The van der Waals surface area contributed by atoms with Gasteiger partial charge in [0.15, 0.2) is 0 Å². The molecule has 1 saturated heterocycles. The van der Waals surface area contributed by atoms with Gasteiger partial charge in [0.05, 0.1) is 5.56 Å². The predicted octanol–water partition coefficient (Wildman–Crippen LogP) is 3.72.